The van der Waals surface area contributed by atoms with Crippen molar-refractivity contribution in [3.8, 4) is 16.9 Å². The van der Waals surface area contributed by atoms with E-state index in [-0.39, 0.29) is 12.5 Å². The fourth-order valence-electron chi connectivity index (χ4n) is 2.27. The summed E-state index contributed by atoms with van der Waals surface area (Å²) in [6.45, 7) is 3.85. The summed E-state index contributed by atoms with van der Waals surface area (Å²) in [7, 11) is 0. The summed E-state index contributed by atoms with van der Waals surface area (Å²) >= 11 is 1.47. The Morgan fingerprint density at radius 2 is 1.79 bits per heavy atom. The van der Waals surface area contributed by atoms with Crippen molar-refractivity contribution in [2.24, 2.45) is 0 Å². The van der Waals surface area contributed by atoms with Gasteiger partial charge >= 0.3 is 0 Å². The number of carbonyl (C=O) groups excluding carboxylic acids is 1. The Morgan fingerprint density at radius 3 is 2.50 bits per heavy atom. The molecule has 0 saturated heterocycles. The molecule has 0 fully saturated rings. The molecule has 122 valence electrons. The van der Waals surface area contributed by atoms with Crippen molar-refractivity contribution in [1.82, 2.24) is 4.98 Å². The molecule has 0 bridgehead atoms. The molecule has 0 aliphatic heterocycles. The fourth-order valence-corrected chi connectivity index (χ4v) is 3.10. The Balaban J connectivity index is 1.67. The predicted molar refractivity (Wildman–Crippen MR) is 97.6 cm³/mol. The van der Waals surface area contributed by atoms with E-state index in [1.54, 1.807) is 0 Å². The summed E-state index contributed by atoms with van der Waals surface area (Å²) in [5.74, 6) is 0.469. The zero-order valence-electron chi connectivity index (χ0n) is 13.6. The van der Waals surface area contributed by atoms with Gasteiger partial charge in [-0.05, 0) is 25.5 Å². The van der Waals surface area contributed by atoms with Crippen LogP contribution in [-0.2, 0) is 4.79 Å². The highest BCUT2D eigenvalue weighted by atomic mass is 32.1. The van der Waals surface area contributed by atoms with Gasteiger partial charge in [0, 0.05) is 10.4 Å². The van der Waals surface area contributed by atoms with Crippen LogP contribution >= 0.6 is 11.3 Å². The summed E-state index contributed by atoms with van der Waals surface area (Å²) < 4.78 is 5.73. The lowest BCUT2D eigenvalue weighted by molar-refractivity contribution is -0.118. The van der Waals surface area contributed by atoms with E-state index in [0.29, 0.717) is 10.9 Å². The highest BCUT2D eigenvalue weighted by Crippen LogP contribution is 2.29. The van der Waals surface area contributed by atoms with Gasteiger partial charge in [0.15, 0.2) is 11.7 Å². The predicted octanol–water partition coefficient (Wildman–Crippen LogP) is 4.44. The summed E-state index contributed by atoms with van der Waals surface area (Å²) in [6.07, 6.45) is 0. The number of aromatic nitrogens is 1. The minimum absolute atomic E-state index is 0.0540. The monoisotopic (exact) mass is 338 g/mol. The van der Waals surface area contributed by atoms with E-state index >= 15 is 0 Å². The third-order valence-electron chi connectivity index (χ3n) is 3.61. The highest BCUT2D eigenvalue weighted by Gasteiger charge is 2.10. The molecule has 1 aromatic heterocycles. The number of anilines is 1. The quantitative estimate of drug-likeness (QED) is 0.748. The third kappa shape index (κ3) is 3.81. The molecule has 4 nitrogen and oxygen atoms in total. The van der Waals surface area contributed by atoms with Gasteiger partial charge in [0.2, 0.25) is 0 Å². The van der Waals surface area contributed by atoms with Crippen LogP contribution < -0.4 is 10.1 Å². The molecule has 0 aliphatic rings. The maximum atomic E-state index is 12.1. The Morgan fingerprint density at radius 1 is 1.08 bits per heavy atom. The number of amides is 1. The van der Waals surface area contributed by atoms with E-state index in [1.165, 1.54) is 11.3 Å². The molecule has 0 atom stereocenters. The molecule has 0 unspecified atom stereocenters. The first-order valence-corrected chi connectivity index (χ1v) is 8.46. The molecule has 2 aromatic carbocycles. The molecule has 0 spiro atoms. The van der Waals surface area contributed by atoms with Crippen LogP contribution in [0.1, 0.15) is 10.6 Å². The standard InChI is InChI=1S/C19H18N2O2S/c1-13-14(2)24-19(20-13)21-18(22)12-23-17-11-7-6-10-16(17)15-8-4-3-5-9-15/h3-11H,12H2,1-2H3,(H,20,21,22). The van der Waals surface area contributed by atoms with Gasteiger partial charge in [0.1, 0.15) is 5.75 Å². The summed E-state index contributed by atoms with van der Waals surface area (Å²) in [6, 6.07) is 17.7. The zero-order valence-corrected chi connectivity index (χ0v) is 14.4. The van der Waals surface area contributed by atoms with E-state index in [0.717, 1.165) is 21.7 Å². The van der Waals surface area contributed by atoms with Gasteiger partial charge in [-0.3, -0.25) is 10.1 Å². The second-order valence-electron chi connectivity index (χ2n) is 5.36. The van der Waals surface area contributed by atoms with E-state index in [2.05, 4.69) is 10.3 Å². The lowest BCUT2D eigenvalue weighted by Crippen LogP contribution is -2.20. The maximum Gasteiger partial charge on any atom is 0.264 e. The van der Waals surface area contributed by atoms with Crippen molar-refractivity contribution in [1.29, 1.82) is 0 Å². The van der Waals surface area contributed by atoms with Crippen LogP contribution in [0.2, 0.25) is 0 Å². The van der Waals surface area contributed by atoms with Crippen molar-refractivity contribution in [2.75, 3.05) is 11.9 Å². The largest absolute Gasteiger partial charge is 0.483 e. The average molecular weight is 338 g/mol. The number of hydrogen-bond donors (Lipinski definition) is 1. The molecule has 0 saturated carbocycles. The molecular formula is C19H18N2O2S. The lowest BCUT2D eigenvalue weighted by atomic mass is 10.1. The molecule has 0 aliphatic carbocycles. The van der Waals surface area contributed by atoms with E-state index in [1.807, 2.05) is 68.4 Å². The number of carbonyl (C=O) groups is 1. The van der Waals surface area contributed by atoms with Crippen LogP contribution in [-0.4, -0.2) is 17.5 Å². The third-order valence-corrected chi connectivity index (χ3v) is 4.59. The van der Waals surface area contributed by atoms with Gasteiger partial charge in [-0.25, -0.2) is 4.98 Å². The molecular weight excluding hydrogens is 320 g/mol. The van der Waals surface area contributed by atoms with E-state index in [4.69, 9.17) is 4.74 Å². The van der Waals surface area contributed by atoms with Crippen LogP contribution in [0.3, 0.4) is 0 Å². The van der Waals surface area contributed by atoms with Gasteiger partial charge in [-0.15, -0.1) is 11.3 Å². The Labute approximate surface area is 145 Å². The second kappa shape index (κ2) is 7.27. The molecule has 5 heteroatoms. The van der Waals surface area contributed by atoms with Crippen LogP contribution in [0.4, 0.5) is 5.13 Å². The summed E-state index contributed by atoms with van der Waals surface area (Å²) in [4.78, 5) is 17.5. The van der Waals surface area contributed by atoms with E-state index in [9.17, 15) is 4.79 Å². The van der Waals surface area contributed by atoms with Crippen LogP contribution in [0.15, 0.2) is 54.6 Å². The molecule has 24 heavy (non-hydrogen) atoms. The number of nitrogens with zero attached hydrogens (tertiary/aromatic N) is 1. The second-order valence-corrected chi connectivity index (χ2v) is 6.56. The first-order valence-electron chi connectivity index (χ1n) is 7.64. The number of para-hydroxylation sites is 1. The minimum atomic E-state index is -0.216. The molecule has 1 N–H and O–H groups in total. The molecule has 3 rings (SSSR count). The summed E-state index contributed by atoms with van der Waals surface area (Å²) in [5, 5.41) is 3.38. The Hall–Kier alpha value is -2.66. The van der Waals surface area contributed by atoms with Crippen molar-refractivity contribution >= 4 is 22.4 Å². The first-order chi connectivity index (χ1) is 11.6. The summed E-state index contributed by atoms with van der Waals surface area (Å²) in [5.41, 5.74) is 2.96. The number of hydrogen-bond acceptors (Lipinski definition) is 4. The van der Waals surface area contributed by atoms with E-state index < -0.39 is 0 Å². The lowest BCUT2D eigenvalue weighted by Gasteiger charge is -2.11. The SMILES string of the molecule is Cc1nc(NC(=O)COc2ccccc2-c2ccccc2)sc1C. The van der Waals surface area contributed by atoms with Gasteiger partial charge in [-0.2, -0.15) is 0 Å². The minimum Gasteiger partial charge on any atom is -0.483 e. The van der Waals surface area contributed by atoms with Gasteiger partial charge < -0.3 is 4.74 Å². The molecule has 1 amide bonds. The fraction of sp³-hybridized carbons (Fsp3) is 0.158. The molecule has 0 radical (unpaired) electrons. The molecule has 1 heterocycles. The average Bonchev–Trinajstić information content (AvgIpc) is 2.91. The smallest absolute Gasteiger partial charge is 0.264 e. The Kier molecular flexibility index (Phi) is 4.91. The number of ether oxygens (including phenoxy) is 1. The van der Waals surface area contributed by atoms with Crippen molar-refractivity contribution < 1.29 is 9.53 Å². The van der Waals surface area contributed by atoms with Crippen molar-refractivity contribution in [2.45, 2.75) is 13.8 Å². The Bertz CT molecular complexity index is 824. The van der Waals surface area contributed by atoms with Crippen LogP contribution in [0.5, 0.6) is 5.75 Å². The van der Waals surface area contributed by atoms with Crippen LogP contribution in [0.25, 0.3) is 11.1 Å². The normalized spacial score (nSPS) is 10.4. The number of aryl methyl sites for hydroxylation is 2. The topological polar surface area (TPSA) is 51.2 Å². The van der Waals surface area contributed by atoms with Gasteiger partial charge in [-0.1, -0.05) is 48.5 Å². The number of nitrogens with one attached hydrogen (secondary N) is 1. The zero-order chi connectivity index (χ0) is 16.9. The maximum absolute atomic E-state index is 12.1. The van der Waals surface area contributed by atoms with Gasteiger partial charge in [0.25, 0.3) is 5.91 Å². The van der Waals surface area contributed by atoms with Crippen molar-refractivity contribution in [3.05, 3.63) is 65.2 Å². The number of thiazole rings is 1. The highest BCUT2D eigenvalue weighted by molar-refractivity contribution is 7.15. The number of rotatable bonds is 5. The van der Waals surface area contributed by atoms with Crippen molar-refractivity contribution in [3.63, 3.8) is 0 Å². The van der Waals surface area contributed by atoms with Gasteiger partial charge in [0.05, 0.1) is 5.69 Å². The molecule has 3 aromatic rings. The first kappa shape index (κ1) is 16.2. The number of benzene rings is 2. The van der Waals surface area contributed by atoms with Crippen LogP contribution in [0, 0.1) is 13.8 Å².